The highest BCUT2D eigenvalue weighted by atomic mass is 16.5. The molecule has 0 aliphatic carbocycles. The lowest BCUT2D eigenvalue weighted by molar-refractivity contribution is 0.0971. The number of ether oxygens (including phenoxy) is 1. The summed E-state index contributed by atoms with van der Waals surface area (Å²) in [5, 5.41) is 4.76. The van der Waals surface area contributed by atoms with Crippen LogP contribution < -0.4 is 4.74 Å². The van der Waals surface area contributed by atoms with Gasteiger partial charge >= 0.3 is 0 Å². The highest BCUT2D eigenvalue weighted by molar-refractivity contribution is 5.94. The summed E-state index contributed by atoms with van der Waals surface area (Å²) >= 11 is 0. The third-order valence-electron chi connectivity index (χ3n) is 6.34. The van der Waals surface area contributed by atoms with E-state index < -0.39 is 0 Å². The maximum Gasteiger partial charge on any atom is 0.181 e. The maximum atomic E-state index is 12.7. The minimum Gasteiger partial charge on any atom is -0.497 e. The fourth-order valence-corrected chi connectivity index (χ4v) is 4.52. The van der Waals surface area contributed by atoms with Gasteiger partial charge in [0.2, 0.25) is 0 Å². The summed E-state index contributed by atoms with van der Waals surface area (Å²) in [6.07, 6.45) is 6.21. The molecule has 7 heteroatoms. The Bertz CT molecular complexity index is 1280. The largest absolute Gasteiger partial charge is 0.497 e. The second-order valence-corrected chi connectivity index (χ2v) is 8.74. The molecular weight excluding hydrogens is 426 g/mol. The van der Waals surface area contributed by atoms with Crippen LogP contribution in [0.15, 0.2) is 60.8 Å². The van der Waals surface area contributed by atoms with Crippen LogP contribution in [0.2, 0.25) is 0 Å². The minimum atomic E-state index is 0.103. The lowest BCUT2D eigenvalue weighted by Crippen LogP contribution is -2.21. The number of nitrogens with zero attached hydrogens (tertiary/aromatic N) is 5. The van der Waals surface area contributed by atoms with Gasteiger partial charge in [0.1, 0.15) is 11.4 Å². The van der Waals surface area contributed by atoms with Crippen molar-refractivity contribution in [1.82, 2.24) is 24.5 Å². The molecule has 3 aromatic heterocycles. The molecule has 0 spiro atoms. The molecule has 7 nitrogen and oxygen atoms in total. The Morgan fingerprint density at radius 2 is 1.88 bits per heavy atom. The van der Waals surface area contributed by atoms with E-state index in [4.69, 9.17) is 14.8 Å². The number of fused-ring (bicyclic) bond motifs is 1. The number of benzene rings is 1. The summed E-state index contributed by atoms with van der Waals surface area (Å²) in [7, 11) is 1.66. The van der Waals surface area contributed by atoms with Crippen molar-refractivity contribution in [2.75, 3.05) is 26.7 Å². The average Bonchev–Trinajstić information content (AvgIpc) is 3.53. The topological polar surface area (TPSA) is 72.6 Å². The molecule has 34 heavy (non-hydrogen) atoms. The number of pyridine rings is 2. The van der Waals surface area contributed by atoms with Gasteiger partial charge in [-0.3, -0.25) is 9.78 Å². The predicted octanol–water partition coefficient (Wildman–Crippen LogP) is 4.45. The van der Waals surface area contributed by atoms with Gasteiger partial charge in [-0.15, -0.1) is 0 Å². The smallest absolute Gasteiger partial charge is 0.181 e. The van der Waals surface area contributed by atoms with Crippen LogP contribution >= 0.6 is 0 Å². The number of Topliss-reactive ketones (excluding diaryl/α,β-unsaturated/α-hetero) is 1. The van der Waals surface area contributed by atoms with Gasteiger partial charge < -0.3 is 9.64 Å². The van der Waals surface area contributed by atoms with E-state index in [9.17, 15) is 4.79 Å². The van der Waals surface area contributed by atoms with Gasteiger partial charge in [0, 0.05) is 24.6 Å². The van der Waals surface area contributed by atoms with Gasteiger partial charge in [0.05, 0.1) is 12.8 Å². The number of carbonyl (C=O) groups excluding carboxylic acids is 1. The fraction of sp³-hybridized carbons (Fsp3) is 0.333. The van der Waals surface area contributed by atoms with E-state index in [1.165, 1.54) is 12.8 Å². The Labute approximate surface area is 199 Å². The lowest BCUT2D eigenvalue weighted by Gasteiger charge is -2.13. The molecule has 0 radical (unpaired) electrons. The van der Waals surface area contributed by atoms with Crippen LogP contribution in [0.25, 0.3) is 16.9 Å². The summed E-state index contributed by atoms with van der Waals surface area (Å²) < 4.78 is 7.13. The third kappa shape index (κ3) is 4.99. The van der Waals surface area contributed by atoms with Crippen LogP contribution in [0, 0.1) is 0 Å². The molecule has 0 amide bonds. The fourth-order valence-electron chi connectivity index (χ4n) is 4.52. The minimum absolute atomic E-state index is 0.103. The monoisotopic (exact) mass is 455 g/mol. The first kappa shape index (κ1) is 22.2. The van der Waals surface area contributed by atoms with E-state index in [-0.39, 0.29) is 5.78 Å². The van der Waals surface area contributed by atoms with Crippen molar-refractivity contribution in [2.24, 2.45) is 0 Å². The number of methoxy groups -OCH3 is 1. The molecule has 0 atom stereocenters. The Kier molecular flexibility index (Phi) is 6.62. The van der Waals surface area contributed by atoms with Crippen molar-refractivity contribution in [2.45, 2.75) is 32.1 Å². The number of hydrogen-bond acceptors (Lipinski definition) is 6. The van der Waals surface area contributed by atoms with E-state index in [0.29, 0.717) is 24.4 Å². The van der Waals surface area contributed by atoms with Crippen molar-refractivity contribution in [1.29, 1.82) is 0 Å². The molecule has 174 valence electrons. The zero-order valence-corrected chi connectivity index (χ0v) is 19.5. The number of rotatable bonds is 9. The third-order valence-corrected chi connectivity index (χ3v) is 6.34. The average molecular weight is 456 g/mol. The summed E-state index contributed by atoms with van der Waals surface area (Å²) in [5.41, 5.74) is 4.30. The van der Waals surface area contributed by atoms with Crippen molar-refractivity contribution in [3.8, 4) is 17.0 Å². The standard InChI is InChI=1S/C27H29N5O2/c1-34-22-11-9-21(10-12-22)24-6-4-8-27-29-26(30-32(24)27)19-20-13-14-28-23(18-20)25(33)7-5-17-31-15-2-3-16-31/h4,6,8-14,18H,2-3,5,7,15-17,19H2,1H3. The quantitative estimate of drug-likeness (QED) is 0.347. The summed E-state index contributed by atoms with van der Waals surface area (Å²) in [6, 6.07) is 17.7. The van der Waals surface area contributed by atoms with Crippen LogP contribution in [-0.2, 0) is 6.42 Å². The Morgan fingerprint density at radius 3 is 2.68 bits per heavy atom. The van der Waals surface area contributed by atoms with Crippen LogP contribution in [0.5, 0.6) is 5.75 Å². The van der Waals surface area contributed by atoms with E-state index in [1.807, 2.05) is 59.1 Å². The first-order valence-electron chi connectivity index (χ1n) is 11.9. The number of ketones is 1. The summed E-state index contributed by atoms with van der Waals surface area (Å²) in [5.74, 6) is 1.62. The van der Waals surface area contributed by atoms with Gasteiger partial charge in [-0.25, -0.2) is 9.50 Å². The van der Waals surface area contributed by atoms with E-state index >= 15 is 0 Å². The SMILES string of the molecule is COc1ccc(-c2cccc3nc(Cc4ccnc(C(=O)CCCN5CCCC5)c4)nn23)cc1. The van der Waals surface area contributed by atoms with Gasteiger partial charge in [-0.1, -0.05) is 6.07 Å². The maximum absolute atomic E-state index is 12.7. The summed E-state index contributed by atoms with van der Waals surface area (Å²) in [6.45, 7) is 3.31. The molecule has 1 saturated heterocycles. The Morgan fingerprint density at radius 1 is 1.06 bits per heavy atom. The molecule has 0 saturated carbocycles. The van der Waals surface area contributed by atoms with Gasteiger partial charge in [-0.2, -0.15) is 5.10 Å². The van der Waals surface area contributed by atoms with Crippen LogP contribution in [0.4, 0.5) is 0 Å². The Balaban J connectivity index is 1.29. The predicted molar refractivity (Wildman–Crippen MR) is 131 cm³/mol. The molecule has 4 heterocycles. The van der Waals surface area contributed by atoms with E-state index in [1.54, 1.807) is 13.3 Å². The molecule has 1 fully saturated rings. The van der Waals surface area contributed by atoms with Crippen molar-refractivity contribution < 1.29 is 9.53 Å². The first-order valence-corrected chi connectivity index (χ1v) is 11.9. The zero-order chi connectivity index (χ0) is 23.3. The molecule has 0 N–H and O–H groups in total. The zero-order valence-electron chi connectivity index (χ0n) is 19.5. The summed E-state index contributed by atoms with van der Waals surface area (Å²) in [4.78, 5) is 24.2. The van der Waals surface area contributed by atoms with E-state index in [2.05, 4.69) is 9.88 Å². The molecule has 1 aromatic carbocycles. The first-order chi connectivity index (χ1) is 16.7. The number of carbonyl (C=O) groups is 1. The van der Waals surface area contributed by atoms with Gasteiger partial charge in [0.15, 0.2) is 17.3 Å². The molecule has 1 aliphatic rings. The van der Waals surface area contributed by atoms with Crippen LogP contribution in [0.1, 0.15) is 47.6 Å². The molecule has 1 aliphatic heterocycles. The normalized spacial score (nSPS) is 14.0. The van der Waals surface area contributed by atoms with Gasteiger partial charge in [0.25, 0.3) is 0 Å². The van der Waals surface area contributed by atoms with Crippen molar-refractivity contribution >= 4 is 11.4 Å². The van der Waals surface area contributed by atoms with Crippen molar-refractivity contribution in [3.05, 3.63) is 77.9 Å². The number of hydrogen-bond donors (Lipinski definition) is 0. The molecule has 0 unspecified atom stereocenters. The molecule has 0 bridgehead atoms. The van der Waals surface area contributed by atoms with Crippen LogP contribution in [0.3, 0.4) is 0 Å². The number of likely N-dealkylation sites (tertiary alicyclic amines) is 1. The highest BCUT2D eigenvalue weighted by Gasteiger charge is 2.14. The molecule has 4 aromatic rings. The Hall–Kier alpha value is -3.58. The second-order valence-electron chi connectivity index (χ2n) is 8.74. The molecule has 5 rings (SSSR count). The number of aromatic nitrogens is 4. The lowest BCUT2D eigenvalue weighted by atomic mass is 10.1. The van der Waals surface area contributed by atoms with Gasteiger partial charge in [-0.05, 0) is 93.0 Å². The molecular formula is C27H29N5O2. The highest BCUT2D eigenvalue weighted by Crippen LogP contribution is 2.23. The second kappa shape index (κ2) is 10.1. The van der Waals surface area contributed by atoms with Crippen molar-refractivity contribution in [3.63, 3.8) is 0 Å². The van der Waals surface area contributed by atoms with E-state index in [0.717, 1.165) is 54.3 Å². The van der Waals surface area contributed by atoms with Crippen LogP contribution in [-0.4, -0.2) is 57.0 Å².